The number of morpholine rings is 1. The fourth-order valence-corrected chi connectivity index (χ4v) is 6.83. The summed E-state index contributed by atoms with van der Waals surface area (Å²) in [6.45, 7) is 8.83. The zero-order valence-electron chi connectivity index (χ0n) is 26.4. The highest BCUT2D eigenvalue weighted by atomic mass is 19.4. The third kappa shape index (κ3) is 7.91. The summed E-state index contributed by atoms with van der Waals surface area (Å²) in [6.07, 6.45) is -1.68. The molecule has 2 aromatic carbocycles. The lowest BCUT2D eigenvalue weighted by Gasteiger charge is -2.40. The Hall–Kier alpha value is -3.65. The Morgan fingerprint density at radius 1 is 0.979 bits per heavy atom. The fraction of sp³-hybridized carbons (Fsp3) is 0.500. The molecule has 6 rings (SSSR count). The van der Waals surface area contributed by atoms with E-state index in [1.807, 2.05) is 18.0 Å². The molecule has 4 heterocycles. The van der Waals surface area contributed by atoms with Crippen molar-refractivity contribution in [2.75, 3.05) is 82.8 Å². The van der Waals surface area contributed by atoms with Crippen LogP contribution in [-0.4, -0.2) is 118 Å². The molecule has 0 radical (unpaired) electrons. The van der Waals surface area contributed by atoms with Gasteiger partial charge in [0, 0.05) is 69.7 Å². The topological polar surface area (TPSA) is 80.7 Å². The SMILES string of the molecule is CN1CCN(c2ccc(-c3cc(CN4CCC(N5CCOCC5)CC4)ccc3F)cc2NC(=O)C2C=NC(=O)C=C2C(F)(F)F)CC1. The third-order valence-corrected chi connectivity index (χ3v) is 9.54. The first-order chi connectivity index (χ1) is 22.5. The zero-order valence-corrected chi connectivity index (χ0v) is 26.4. The van der Waals surface area contributed by atoms with Gasteiger partial charge < -0.3 is 19.9 Å². The van der Waals surface area contributed by atoms with Crippen molar-refractivity contribution in [1.29, 1.82) is 0 Å². The van der Waals surface area contributed by atoms with Crippen LogP contribution in [0, 0.1) is 11.7 Å². The van der Waals surface area contributed by atoms with Crippen molar-refractivity contribution in [3.05, 3.63) is 59.4 Å². The number of aliphatic imine (C=N–C) groups is 1. The number of hydrogen-bond acceptors (Lipinski definition) is 7. The van der Waals surface area contributed by atoms with Crippen LogP contribution in [0.1, 0.15) is 18.4 Å². The molecule has 13 heteroatoms. The number of anilines is 2. The smallest absolute Gasteiger partial charge is 0.379 e. The maximum Gasteiger partial charge on any atom is 0.414 e. The number of carbonyl (C=O) groups is 2. The van der Waals surface area contributed by atoms with Crippen molar-refractivity contribution >= 4 is 29.4 Å². The molecule has 9 nitrogen and oxygen atoms in total. The number of benzene rings is 2. The van der Waals surface area contributed by atoms with E-state index in [4.69, 9.17) is 4.74 Å². The molecule has 0 bridgehead atoms. The van der Waals surface area contributed by atoms with Gasteiger partial charge >= 0.3 is 6.18 Å². The molecule has 0 aliphatic carbocycles. The molecule has 0 spiro atoms. The average Bonchev–Trinajstić information content (AvgIpc) is 3.06. The van der Waals surface area contributed by atoms with E-state index in [0.717, 1.165) is 77.1 Å². The fourth-order valence-electron chi connectivity index (χ4n) is 6.83. The molecule has 47 heavy (non-hydrogen) atoms. The molecule has 3 fully saturated rings. The molecule has 1 atom stereocenters. The van der Waals surface area contributed by atoms with Gasteiger partial charge in [0.2, 0.25) is 5.91 Å². The van der Waals surface area contributed by atoms with Gasteiger partial charge in [-0.2, -0.15) is 13.2 Å². The van der Waals surface area contributed by atoms with Gasteiger partial charge in [0.15, 0.2) is 0 Å². The highest BCUT2D eigenvalue weighted by Gasteiger charge is 2.43. The second kappa shape index (κ2) is 14.2. The van der Waals surface area contributed by atoms with Gasteiger partial charge in [0.25, 0.3) is 5.91 Å². The summed E-state index contributed by atoms with van der Waals surface area (Å²) in [4.78, 5) is 37.5. The molecule has 2 amide bonds. The van der Waals surface area contributed by atoms with Gasteiger partial charge in [-0.1, -0.05) is 12.1 Å². The Kier molecular flexibility index (Phi) is 10.1. The predicted octanol–water partition coefficient (Wildman–Crippen LogP) is 4.20. The summed E-state index contributed by atoms with van der Waals surface area (Å²) >= 11 is 0. The maximum absolute atomic E-state index is 15.4. The van der Waals surface area contributed by atoms with Crippen LogP contribution in [0.3, 0.4) is 0 Å². The van der Waals surface area contributed by atoms with E-state index in [0.29, 0.717) is 48.6 Å². The minimum absolute atomic E-state index is 0.263. The highest BCUT2D eigenvalue weighted by molar-refractivity contribution is 6.11. The Bertz CT molecular complexity index is 1520. The number of dihydropyridines is 1. The van der Waals surface area contributed by atoms with Crippen molar-refractivity contribution in [2.45, 2.75) is 31.6 Å². The first-order valence-corrected chi connectivity index (χ1v) is 16.1. The van der Waals surface area contributed by atoms with Crippen LogP contribution in [0.2, 0.25) is 0 Å². The lowest BCUT2D eigenvalue weighted by atomic mass is 9.95. The normalized spacial score (nSPS) is 22.4. The van der Waals surface area contributed by atoms with Gasteiger partial charge in [-0.05, 0) is 68.4 Å². The number of nitrogens with zero attached hydrogens (tertiary/aromatic N) is 5. The van der Waals surface area contributed by atoms with E-state index < -0.39 is 35.3 Å². The number of piperazine rings is 1. The quantitative estimate of drug-likeness (QED) is 0.448. The number of hydrogen-bond donors (Lipinski definition) is 1. The van der Waals surface area contributed by atoms with Crippen molar-refractivity contribution in [1.82, 2.24) is 14.7 Å². The monoisotopic (exact) mass is 656 g/mol. The molecule has 2 aromatic rings. The lowest BCUT2D eigenvalue weighted by Crippen LogP contribution is -2.48. The van der Waals surface area contributed by atoms with E-state index in [1.165, 1.54) is 6.07 Å². The van der Waals surface area contributed by atoms with E-state index >= 15 is 4.39 Å². The van der Waals surface area contributed by atoms with Crippen LogP contribution in [0.15, 0.2) is 53.0 Å². The molecule has 1 unspecified atom stereocenters. The summed E-state index contributed by atoms with van der Waals surface area (Å²) in [5.74, 6) is -4.29. The van der Waals surface area contributed by atoms with Crippen molar-refractivity contribution in [3.8, 4) is 11.1 Å². The van der Waals surface area contributed by atoms with Gasteiger partial charge in [0.1, 0.15) is 11.7 Å². The van der Waals surface area contributed by atoms with Crippen LogP contribution < -0.4 is 10.2 Å². The maximum atomic E-state index is 15.4. The number of piperidine rings is 1. The number of likely N-dealkylation sites (N-methyl/N-ethyl adjacent to an activating group) is 1. The van der Waals surface area contributed by atoms with Crippen LogP contribution in [0.25, 0.3) is 11.1 Å². The Morgan fingerprint density at radius 2 is 1.70 bits per heavy atom. The van der Waals surface area contributed by atoms with Crippen molar-refractivity contribution in [2.24, 2.45) is 10.9 Å². The average molecular weight is 657 g/mol. The van der Waals surface area contributed by atoms with Gasteiger partial charge in [0.05, 0.1) is 30.2 Å². The number of ether oxygens (including phenoxy) is 1. The van der Waals surface area contributed by atoms with Gasteiger partial charge in [-0.15, -0.1) is 0 Å². The lowest BCUT2D eigenvalue weighted by molar-refractivity contribution is -0.124. The molecule has 252 valence electrons. The van der Waals surface area contributed by atoms with Gasteiger partial charge in [-0.25, -0.2) is 9.38 Å². The number of likely N-dealkylation sites (tertiary alicyclic amines) is 1. The summed E-state index contributed by atoms with van der Waals surface area (Å²) < 4.78 is 62.2. The molecule has 4 aliphatic rings. The molecule has 3 saturated heterocycles. The largest absolute Gasteiger partial charge is 0.414 e. The summed E-state index contributed by atoms with van der Waals surface area (Å²) in [5, 5.41) is 2.67. The number of amides is 2. The molecular formula is C34H40F4N6O3. The van der Waals surface area contributed by atoms with E-state index in [-0.39, 0.29) is 5.69 Å². The Balaban J connectivity index is 1.23. The number of nitrogens with one attached hydrogen (secondary N) is 1. The molecule has 1 N–H and O–H groups in total. The number of halogens is 4. The first kappa shape index (κ1) is 33.3. The highest BCUT2D eigenvalue weighted by Crippen LogP contribution is 2.37. The van der Waals surface area contributed by atoms with Crippen molar-refractivity contribution < 1.29 is 31.9 Å². The molecule has 0 aromatic heterocycles. The minimum Gasteiger partial charge on any atom is -0.379 e. The van der Waals surface area contributed by atoms with Crippen LogP contribution in [0.4, 0.5) is 28.9 Å². The molecule has 0 saturated carbocycles. The Labute approximate surface area is 271 Å². The first-order valence-electron chi connectivity index (χ1n) is 16.1. The van der Waals surface area contributed by atoms with E-state index in [9.17, 15) is 22.8 Å². The van der Waals surface area contributed by atoms with Crippen LogP contribution in [0.5, 0.6) is 0 Å². The second-order valence-electron chi connectivity index (χ2n) is 12.7. The zero-order chi connectivity index (χ0) is 33.1. The third-order valence-electron chi connectivity index (χ3n) is 9.54. The number of alkyl halides is 3. The molecule has 4 aliphatic heterocycles. The predicted molar refractivity (Wildman–Crippen MR) is 172 cm³/mol. The standard InChI is InChI=1S/C34H40F4N6O3/c1-41-10-12-44(13-11-41)31-5-3-24(19-30(31)40-33(46)27-21-39-32(45)20-28(27)34(36,37)38)26-18-23(2-4-29(26)35)22-42-8-6-25(7-9-42)43-14-16-47-17-15-43/h2-5,18-21,25,27H,6-17,22H2,1H3,(H,40,46). The van der Waals surface area contributed by atoms with Crippen LogP contribution >= 0.6 is 0 Å². The number of carbonyl (C=O) groups excluding carboxylic acids is 2. The second-order valence-corrected chi connectivity index (χ2v) is 12.7. The van der Waals surface area contributed by atoms with E-state index in [1.54, 1.807) is 24.3 Å². The van der Waals surface area contributed by atoms with Crippen molar-refractivity contribution in [3.63, 3.8) is 0 Å². The summed E-state index contributed by atoms with van der Waals surface area (Å²) in [5.41, 5.74) is 1.38. The minimum atomic E-state index is -4.90. The number of rotatable bonds is 7. The van der Waals surface area contributed by atoms with Gasteiger partial charge in [-0.3, -0.25) is 19.4 Å². The van der Waals surface area contributed by atoms with E-state index in [2.05, 4.69) is 25.0 Å². The summed E-state index contributed by atoms with van der Waals surface area (Å²) in [6, 6.07) is 10.7. The Morgan fingerprint density at radius 3 is 2.40 bits per heavy atom. The molecular weight excluding hydrogens is 616 g/mol. The van der Waals surface area contributed by atoms with Crippen LogP contribution in [-0.2, 0) is 20.9 Å². The summed E-state index contributed by atoms with van der Waals surface area (Å²) in [7, 11) is 2.00.